The summed E-state index contributed by atoms with van der Waals surface area (Å²) in [6, 6.07) is 16.0. The molecule has 2 heterocycles. The molecule has 0 fully saturated rings. The first-order chi connectivity index (χ1) is 12.2. The van der Waals surface area contributed by atoms with Crippen LogP contribution >= 0.6 is 23.3 Å². The molecule has 0 saturated carbocycles. The van der Waals surface area contributed by atoms with Gasteiger partial charge in [0.15, 0.2) is 0 Å². The van der Waals surface area contributed by atoms with Crippen LogP contribution in [0.2, 0.25) is 0 Å². The van der Waals surface area contributed by atoms with Gasteiger partial charge in [0.05, 0.1) is 5.57 Å². The van der Waals surface area contributed by atoms with Gasteiger partial charge in [0.25, 0.3) is 5.91 Å². The molecule has 0 bridgehead atoms. The Kier molecular flexibility index (Phi) is 4.29. The summed E-state index contributed by atoms with van der Waals surface area (Å²) in [5, 5.41) is 4.87. The smallest absolute Gasteiger partial charge is 0.256 e. The Balaban J connectivity index is 1.58. The molecule has 124 valence electrons. The summed E-state index contributed by atoms with van der Waals surface area (Å²) in [6.07, 6.45) is 1.91. The average molecular weight is 368 g/mol. The zero-order chi connectivity index (χ0) is 17.2. The van der Waals surface area contributed by atoms with Crippen molar-refractivity contribution < 1.29 is 9.18 Å². The minimum atomic E-state index is -0.255. The van der Waals surface area contributed by atoms with E-state index in [1.807, 2.05) is 41.8 Å². The van der Waals surface area contributed by atoms with Gasteiger partial charge >= 0.3 is 0 Å². The highest BCUT2D eigenvalue weighted by Crippen LogP contribution is 2.36. The predicted octanol–water partition coefficient (Wildman–Crippen LogP) is 5.50. The highest BCUT2D eigenvalue weighted by atomic mass is 32.2. The maximum atomic E-state index is 13.0. The largest absolute Gasteiger partial charge is 0.326 e. The molecule has 3 aromatic rings. The third-order valence-electron chi connectivity index (χ3n) is 3.73. The van der Waals surface area contributed by atoms with Gasteiger partial charge in [-0.2, -0.15) is 0 Å². The number of rotatable bonds is 4. The lowest BCUT2D eigenvalue weighted by Crippen LogP contribution is -2.03. The van der Waals surface area contributed by atoms with Gasteiger partial charge < -0.3 is 10.0 Å². The van der Waals surface area contributed by atoms with Crippen molar-refractivity contribution in [1.82, 2.24) is 0 Å². The van der Waals surface area contributed by atoms with Crippen molar-refractivity contribution >= 4 is 52.2 Å². The van der Waals surface area contributed by atoms with Crippen LogP contribution in [0, 0.1) is 5.82 Å². The Hall–Kier alpha value is -2.57. The van der Waals surface area contributed by atoms with Crippen LogP contribution in [-0.2, 0) is 4.79 Å². The maximum absolute atomic E-state index is 13.0. The van der Waals surface area contributed by atoms with E-state index < -0.39 is 0 Å². The second-order valence-corrected chi connectivity index (χ2v) is 7.30. The SMILES string of the molecule is O=C1Nc2ccc(NSc3ccc(F)cc3)cc2/C1=C/c1cccs1. The van der Waals surface area contributed by atoms with Crippen molar-refractivity contribution in [3.8, 4) is 0 Å². The van der Waals surface area contributed by atoms with Crippen LogP contribution in [0.15, 0.2) is 64.9 Å². The fourth-order valence-corrected chi connectivity index (χ4v) is 3.82. The van der Waals surface area contributed by atoms with Crippen LogP contribution in [0.25, 0.3) is 11.6 Å². The zero-order valence-electron chi connectivity index (χ0n) is 13.0. The molecule has 0 unspecified atom stereocenters. The van der Waals surface area contributed by atoms with Gasteiger partial charge in [0, 0.05) is 26.7 Å². The van der Waals surface area contributed by atoms with E-state index in [4.69, 9.17) is 0 Å². The summed E-state index contributed by atoms with van der Waals surface area (Å²) < 4.78 is 16.2. The van der Waals surface area contributed by atoms with Crippen molar-refractivity contribution in [2.75, 3.05) is 10.0 Å². The highest BCUT2D eigenvalue weighted by Gasteiger charge is 2.24. The summed E-state index contributed by atoms with van der Waals surface area (Å²) in [7, 11) is 0. The second kappa shape index (κ2) is 6.74. The number of nitrogens with one attached hydrogen (secondary N) is 2. The molecule has 0 radical (unpaired) electrons. The van der Waals surface area contributed by atoms with Crippen molar-refractivity contribution in [2.45, 2.75) is 4.90 Å². The van der Waals surface area contributed by atoms with E-state index in [1.54, 1.807) is 23.5 Å². The molecule has 2 N–H and O–H groups in total. The van der Waals surface area contributed by atoms with Crippen LogP contribution in [0.1, 0.15) is 10.4 Å². The van der Waals surface area contributed by atoms with Crippen LogP contribution in [-0.4, -0.2) is 5.91 Å². The number of anilines is 2. The Morgan fingerprint density at radius 2 is 1.96 bits per heavy atom. The van der Waals surface area contributed by atoms with Gasteiger partial charge in [-0.3, -0.25) is 4.79 Å². The normalized spacial score (nSPS) is 14.4. The summed E-state index contributed by atoms with van der Waals surface area (Å²) in [6.45, 7) is 0. The summed E-state index contributed by atoms with van der Waals surface area (Å²) in [5.41, 5.74) is 3.22. The molecule has 25 heavy (non-hydrogen) atoms. The number of halogens is 1. The molecule has 0 atom stereocenters. The minimum absolute atomic E-state index is 0.0910. The number of carbonyl (C=O) groups is 1. The first-order valence-electron chi connectivity index (χ1n) is 7.58. The number of carbonyl (C=O) groups excluding carboxylic acids is 1. The Bertz CT molecular complexity index is 950. The van der Waals surface area contributed by atoms with Crippen molar-refractivity contribution in [3.05, 3.63) is 76.2 Å². The van der Waals surface area contributed by atoms with Gasteiger partial charge in [0.2, 0.25) is 0 Å². The first kappa shape index (κ1) is 15.9. The van der Waals surface area contributed by atoms with Crippen LogP contribution < -0.4 is 10.0 Å². The second-order valence-electron chi connectivity index (χ2n) is 5.45. The van der Waals surface area contributed by atoms with E-state index in [0.717, 1.165) is 26.7 Å². The number of benzene rings is 2. The molecule has 3 nitrogen and oxygen atoms in total. The fourth-order valence-electron chi connectivity index (χ4n) is 2.53. The van der Waals surface area contributed by atoms with E-state index in [0.29, 0.717) is 5.57 Å². The molecule has 2 aromatic carbocycles. The zero-order valence-corrected chi connectivity index (χ0v) is 14.6. The van der Waals surface area contributed by atoms with E-state index in [9.17, 15) is 9.18 Å². The van der Waals surface area contributed by atoms with E-state index in [-0.39, 0.29) is 11.7 Å². The summed E-state index contributed by atoms with van der Waals surface area (Å²) in [4.78, 5) is 14.2. The lowest BCUT2D eigenvalue weighted by atomic mass is 10.1. The van der Waals surface area contributed by atoms with Crippen LogP contribution in [0.3, 0.4) is 0 Å². The molecular formula is C19H13FN2OS2. The molecule has 0 aliphatic carbocycles. The minimum Gasteiger partial charge on any atom is -0.326 e. The highest BCUT2D eigenvalue weighted by molar-refractivity contribution is 8.00. The van der Waals surface area contributed by atoms with Crippen LogP contribution in [0.5, 0.6) is 0 Å². The monoisotopic (exact) mass is 368 g/mol. The van der Waals surface area contributed by atoms with E-state index >= 15 is 0 Å². The van der Waals surface area contributed by atoms with Gasteiger partial charge in [-0.25, -0.2) is 4.39 Å². The third kappa shape index (κ3) is 3.45. The topological polar surface area (TPSA) is 41.1 Å². The number of amides is 1. The van der Waals surface area contributed by atoms with Crippen molar-refractivity contribution in [1.29, 1.82) is 0 Å². The molecule has 0 spiro atoms. The first-order valence-corrected chi connectivity index (χ1v) is 9.28. The third-order valence-corrected chi connectivity index (χ3v) is 5.40. The van der Waals surface area contributed by atoms with Gasteiger partial charge in [-0.05, 0) is 71.9 Å². The fraction of sp³-hybridized carbons (Fsp3) is 0. The molecule has 1 aliphatic heterocycles. The average Bonchev–Trinajstić information content (AvgIpc) is 3.23. The molecule has 6 heteroatoms. The summed E-state index contributed by atoms with van der Waals surface area (Å²) >= 11 is 2.99. The van der Waals surface area contributed by atoms with Gasteiger partial charge in [-0.15, -0.1) is 11.3 Å². The number of thiophene rings is 1. The lowest BCUT2D eigenvalue weighted by molar-refractivity contribution is -0.110. The Morgan fingerprint density at radius 1 is 1.12 bits per heavy atom. The summed E-state index contributed by atoms with van der Waals surface area (Å²) in [5.74, 6) is -0.346. The van der Waals surface area contributed by atoms with Crippen molar-refractivity contribution in [2.24, 2.45) is 0 Å². The number of hydrogen-bond donors (Lipinski definition) is 2. The standard InChI is InChI=1S/C19H13FN2OS2/c20-12-3-6-14(7-4-12)25-22-13-5-8-18-16(10-13)17(19(23)21-18)11-15-2-1-9-24-15/h1-11,22H,(H,21,23)/b17-11-. The van der Waals surface area contributed by atoms with E-state index in [2.05, 4.69) is 10.0 Å². The quantitative estimate of drug-likeness (QED) is 0.472. The lowest BCUT2D eigenvalue weighted by Gasteiger charge is -2.07. The number of fused-ring (bicyclic) bond motifs is 1. The Labute approximate surface area is 152 Å². The van der Waals surface area contributed by atoms with Crippen molar-refractivity contribution in [3.63, 3.8) is 0 Å². The van der Waals surface area contributed by atoms with Crippen LogP contribution in [0.4, 0.5) is 15.8 Å². The van der Waals surface area contributed by atoms with Gasteiger partial charge in [0.1, 0.15) is 5.82 Å². The van der Waals surface area contributed by atoms with Gasteiger partial charge in [-0.1, -0.05) is 6.07 Å². The molecular weight excluding hydrogens is 355 g/mol. The molecule has 1 aromatic heterocycles. The maximum Gasteiger partial charge on any atom is 0.256 e. The Morgan fingerprint density at radius 3 is 2.72 bits per heavy atom. The van der Waals surface area contributed by atoms with E-state index in [1.165, 1.54) is 24.1 Å². The molecule has 1 amide bonds. The molecule has 1 aliphatic rings. The molecule has 0 saturated heterocycles. The predicted molar refractivity (Wildman–Crippen MR) is 103 cm³/mol. The number of hydrogen-bond acceptors (Lipinski definition) is 4. The molecule has 4 rings (SSSR count).